The fourth-order valence-corrected chi connectivity index (χ4v) is 1.71. The quantitative estimate of drug-likeness (QED) is 0.529. The van der Waals surface area contributed by atoms with Crippen molar-refractivity contribution in [3.8, 4) is 0 Å². The molecule has 0 atom stereocenters. The average Bonchev–Trinajstić information content (AvgIpc) is 2.12. The molecule has 70 valence electrons. The molecule has 1 rings (SSSR count). The van der Waals surface area contributed by atoms with Crippen LogP contribution in [0.25, 0.3) is 6.08 Å². The molecule has 0 heterocycles. The Morgan fingerprint density at radius 1 is 1.15 bits per heavy atom. The van der Waals surface area contributed by atoms with Crippen molar-refractivity contribution in [2.45, 2.75) is 0 Å². The maximum absolute atomic E-state index is 5.95. The van der Waals surface area contributed by atoms with E-state index in [-0.39, 0.29) is 0 Å². The monoisotopic (exact) mass is 298 g/mol. The molecule has 4 heteroatoms. The van der Waals surface area contributed by atoms with Crippen molar-refractivity contribution in [3.63, 3.8) is 0 Å². The first-order valence-corrected chi connectivity index (χ1v) is 5.78. The second-order valence-corrected chi connectivity index (χ2v) is 4.15. The van der Waals surface area contributed by atoms with Crippen LogP contribution >= 0.6 is 50.7 Å². The third kappa shape index (κ3) is 2.88. The van der Waals surface area contributed by atoms with Gasteiger partial charge in [0.15, 0.2) is 0 Å². The zero-order valence-corrected chi connectivity index (χ0v) is 10.4. The second kappa shape index (κ2) is 5.26. The molecule has 0 saturated heterocycles. The molecule has 0 aliphatic heterocycles. The summed E-state index contributed by atoms with van der Waals surface area (Å²) in [7, 11) is 0. The molecule has 1 aromatic rings. The van der Waals surface area contributed by atoms with E-state index in [1.165, 1.54) is 0 Å². The van der Waals surface area contributed by atoms with Crippen molar-refractivity contribution in [3.05, 3.63) is 38.8 Å². The van der Waals surface area contributed by atoms with Gasteiger partial charge in [-0.1, -0.05) is 62.9 Å². The SMILES string of the molecule is Clc1ccc(Cl)c(C=CCBr)c1Cl. The summed E-state index contributed by atoms with van der Waals surface area (Å²) in [6.45, 7) is 0. The molecule has 1 aromatic carbocycles. The van der Waals surface area contributed by atoms with E-state index in [0.717, 1.165) is 10.9 Å². The Bertz CT molecular complexity index is 334. The fourth-order valence-electron chi connectivity index (χ4n) is 0.858. The number of halogens is 4. The van der Waals surface area contributed by atoms with E-state index in [1.807, 2.05) is 12.2 Å². The molecule has 0 amide bonds. The van der Waals surface area contributed by atoms with E-state index in [2.05, 4.69) is 15.9 Å². The largest absolute Gasteiger partial charge is 0.0883 e. The zero-order valence-electron chi connectivity index (χ0n) is 6.53. The lowest BCUT2D eigenvalue weighted by Gasteiger charge is -2.02. The second-order valence-electron chi connectivity index (χ2n) is 2.31. The van der Waals surface area contributed by atoms with Crippen LogP contribution in [0, 0.1) is 0 Å². The summed E-state index contributed by atoms with van der Waals surface area (Å²) < 4.78 is 0. The van der Waals surface area contributed by atoms with E-state index >= 15 is 0 Å². The van der Waals surface area contributed by atoms with Crippen molar-refractivity contribution in [2.75, 3.05) is 5.33 Å². The minimum atomic E-state index is 0.492. The zero-order chi connectivity index (χ0) is 9.84. The highest BCUT2D eigenvalue weighted by atomic mass is 79.9. The van der Waals surface area contributed by atoms with E-state index < -0.39 is 0 Å². The molecule has 0 unspecified atom stereocenters. The Kier molecular flexibility index (Phi) is 4.60. The first-order valence-electron chi connectivity index (χ1n) is 3.53. The van der Waals surface area contributed by atoms with Gasteiger partial charge in [0, 0.05) is 15.9 Å². The van der Waals surface area contributed by atoms with E-state index in [4.69, 9.17) is 34.8 Å². The first-order chi connectivity index (χ1) is 6.16. The van der Waals surface area contributed by atoms with Crippen LogP contribution in [0.2, 0.25) is 15.1 Å². The van der Waals surface area contributed by atoms with Crippen LogP contribution in [0.5, 0.6) is 0 Å². The van der Waals surface area contributed by atoms with Crippen molar-refractivity contribution in [1.29, 1.82) is 0 Å². The van der Waals surface area contributed by atoms with Gasteiger partial charge < -0.3 is 0 Å². The van der Waals surface area contributed by atoms with Crippen molar-refractivity contribution in [1.82, 2.24) is 0 Å². The van der Waals surface area contributed by atoms with Gasteiger partial charge in [-0.3, -0.25) is 0 Å². The molecular weight excluding hydrogens is 294 g/mol. The molecule has 0 radical (unpaired) electrons. The molecule has 0 aliphatic carbocycles. The highest BCUT2D eigenvalue weighted by Crippen LogP contribution is 2.32. The summed E-state index contributed by atoms with van der Waals surface area (Å²) in [5, 5.41) is 2.37. The molecule has 0 N–H and O–H groups in total. The Hall–Kier alpha value is 0.310. The van der Waals surface area contributed by atoms with E-state index in [0.29, 0.717) is 15.1 Å². The lowest BCUT2D eigenvalue weighted by Crippen LogP contribution is -1.79. The molecule has 0 saturated carbocycles. The molecular formula is C9H6BrCl3. The number of hydrogen-bond donors (Lipinski definition) is 0. The van der Waals surface area contributed by atoms with Crippen molar-refractivity contribution < 1.29 is 0 Å². The molecule has 13 heavy (non-hydrogen) atoms. The number of hydrogen-bond acceptors (Lipinski definition) is 0. The molecule has 0 aromatic heterocycles. The fraction of sp³-hybridized carbons (Fsp3) is 0.111. The Morgan fingerprint density at radius 2 is 1.77 bits per heavy atom. The van der Waals surface area contributed by atoms with Gasteiger partial charge in [0.05, 0.1) is 10.0 Å². The summed E-state index contributed by atoms with van der Waals surface area (Å²) in [5.41, 5.74) is 0.760. The number of benzene rings is 1. The van der Waals surface area contributed by atoms with Crippen LogP contribution in [0.15, 0.2) is 18.2 Å². The Balaban J connectivity index is 3.17. The minimum Gasteiger partial charge on any atom is -0.0883 e. The van der Waals surface area contributed by atoms with Crippen molar-refractivity contribution in [2.24, 2.45) is 0 Å². The maximum Gasteiger partial charge on any atom is 0.0679 e. The van der Waals surface area contributed by atoms with Crippen LogP contribution in [-0.2, 0) is 0 Å². The predicted octanol–water partition coefficient (Wildman–Crippen LogP) is 5.05. The standard InChI is InChI=1S/C9H6BrCl3/c10-5-1-2-6-7(11)3-4-8(12)9(6)13/h1-4H,5H2. The summed E-state index contributed by atoms with van der Waals surface area (Å²) in [6, 6.07) is 3.40. The number of alkyl halides is 1. The Labute approximate surface area is 101 Å². The van der Waals surface area contributed by atoms with Crippen LogP contribution in [0.3, 0.4) is 0 Å². The smallest absolute Gasteiger partial charge is 0.0679 e. The van der Waals surface area contributed by atoms with Gasteiger partial charge in [-0.05, 0) is 12.1 Å². The number of rotatable bonds is 2. The van der Waals surface area contributed by atoms with Gasteiger partial charge in [-0.2, -0.15) is 0 Å². The van der Waals surface area contributed by atoms with E-state index in [1.54, 1.807) is 12.1 Å². The lowest BCUT2D eigenvalue weighted by molar-refractivity contribution is 1.64. The Morgan fingerprint density at radius 3 is 2.38 bits per heavy atom. The first kappa shape index (κ1) is 11.4. The average molecular weight is 300 g/mol. The van der Waals surface area contributed by atoms with Gasteiger partial charge in [0.1, 0.15) is 0 Å². The molecule has 0 spiro atoms. The molecule has 0 fully saturated rings. The number of allylic oxidation sites excluding steroid dienone is 1. The highest BCUT2D eigenvalue weighted by molar-refractivity contribution is 9.09. The summed E-state index contributed by atoms with van der Waals surface area (Å²) in [6.07, 6.45) is 3.74. The molecule has 0 bridgehead atoms. The van der Waals surface area contributed by atoms with Gasteiger partial charge in [0.2, 0.25) is 0 Å². The normalized spacial score (nSPS) is 11.1. The summed E-state index contributed by atoms with van der Waals surface area (Å²) >= 11 is 21.0. The third-order valence-corrected chi connectivity index (χ3v) is 2.98. The van der Waals surface area contributed by atoms with Gasteiger partial charge in [-0.25, -0.2) is 0 Å². The van der Waals surface area contributed by atoms with E-state index in [9.17, 15) is 0 Å². The summed E-state index contributed by atoms with van der Waals surface area (Å²) in [5.74, 6) is 0. The molecule has 0 aliphatic rings. The maximum atomic E-state index is 5.95. The van der Waals surface area contributed by atoms with Crippen LogP contribution < -0.4 is 0 Å². The molecule has 0 nitrogen and oxygen atoms in total. The van der Waals surface area contributed by atoms with Gasteiger partial charge >= 0.3 is 0 Å². The summed E-state index contributed by atoms with van der Waals surface area (Å²) in [4.78, 5) is 0. The van der Waals surface area contributed by atoms with Gasteiger partial charge in [0.25, 0.3) is 0 Å². The lowest BCUT2D eigenvalue weighted by atomic mass is 10.2. The minimum absolute atomic E-state index is 0.492. The van der Waals surface area contributed by atoms with Crippen molar-refractivity contribution >= 4 is 56.8 Å². The van der Waals surface area contributed by atoms with Gasteiger partial charge in [-0.15, -0.1) is 0 Å². The highest BCUT2D eigenvalue weighted by Gasteiger charge is 2.05. The topological polar surface area (TPSA) is 0 Å². The van der Waals surface area contributed by atoms with Crippen LogP contribution in [0.1, 0.15) is 5.56 Å². The third-order valence-electron chi connectivity index (χ3n) is 1.45. The van der Waals surface area contributed by atoms with Crippen LogP contribution in [0.4, 0.5) is 0 Å². The van der Waals surface area contributed by atoms with Crippen LogP contribution in [-0.4, -0.2) is 5.33 Å². The predicted molar refractivity (Wildman–Crippen MR) is 64.3 cm³/mol.